The number of nitrogens with one attached hydrogen (secondary N) is 2. The minimum Gasteiger partial charge on any atom is -0.477 e. The summed E-state index contributed by atoms with van der Waals surface area (Å²) in [5.41, 5.74) is 0.358. The van der Waals surface area contributed by atoms with Crippen LogP contribution in [-0.4, -0.2) is 56.9 Å². The summed E-state index contributed by atoms with van der Waals surface area (Å²) < 4.78 is 37.6. The van der Waals surface area contributed by atoms with Crippen molar-refractivity contribution in [3.05, 3.63) is 17.0 Å². The molecule has 2 heterocycles. The summed E-state index contributed by atoms with van der Waals surface area (Å²) in [5, 5.41) is 9.02. The summed E-state index contributed by atoms with van der Waals surface area (Å²) in [5.74, 6) is -1.19. The Kier molecular flexibility index (Phi) is 4.67. The second-order valence-electron chi connectivity index (χ2n) is 4.80. The summed E-state index contributed by atoms with van der Waals surface area (Å²) in [4.78, 5) is 13.6. The fourth-order valence-corrected chi connectivity index (χ4v) is 3.79. The van der Waals surface area contributed by atoms with Crippen LogP contribution in [0.2, 0.25) is 0 Å². The molecule has 8 nitrogen and oxygen atoms in total. The largest absolute Gasteiger partial charge is 0.477 e. The van der Waals surface area contributed by atoms with Gasteiger partial charge in [-0.2, -0.15) is 0 Å². The summed E-state index contributed by atoms with van der Waals surface area (Å²) in [6.07, 6.45) is -0.341. The lowest BCUT2D eigenvalue weighted by atomic mass is 10.2. The van der Waals surface area contributed by atoms with E-state index in [1.807, 2.05) is 0 Å². The number of aromatic amines is 1. The zero-order valence-corrected chi connectivity index (χ0v) is 12.6. The molecule has 0 bridgehead atoms. The third-order valence-corrected chi connectivity index (χ3v) is 4.93. The van der Waals surface area contributed by atoms with Crippen LogP contribution in [0.3, 0.4) is 0 Å². The van der Waals surface area contributed by atoms with Crippen LogP contribution < -0.4 is 4.72 Å². The van der Waals surface area contributed by atoms with E-state index >= 15 is 0 Å². The van der Waals surface area contributed by atoms with Crippen LogP contribution in [0.25, 0.3) is 0 Å². The molecule has 0 radical (unpaired) electrons. The lowest BCUT2D eigenvalue weighted by Gasteiger charge is -2.23. The lowest BCUT2D eigenvalue weighted by molar-refractivity contribution is -0.0846. The van der Waals surface area contributed by atoms with Crippen LogP contribution in [0.5, 0.6) is 0 Å². The van der Waals surface area contributed by atoms with Gasteiger partial charge in [0.25, 0.3) is 0 Å². The highest BCUT2D eigenvalue weighted by atomic mass is 32.2. The van der Waals surface area contributed by atoms with Crippen LogP contribution in [0, 0.1) is 13.8 Å². The second kappa shape index (κ2) is 6.14. The number of hydrogen-bond donors (Lipinski definition) is 3. The molecule has 3 N–H and O–H groups in total. The highest BCUT2D eigenvalue weighted by Gasteiger charge is 2.27. The molecule has 1 aliphatic heterocycles. The van der Waals surface area contributed by atoms with Crippen LogP contribution >= 0.6 is 0 Å². The topological polar surface area (TPSA) is 118 Å². The smallest absolute Gasteiger partial charge is 0.352 e. The highest BCUT2D eigenvalue weighted by Crippen LogP contribution is 2.23. The van der Waals surface area contributed by atoms with Crippen molar-refractivity contribution in [2.75, 3.05) is 26.4 Å². The maximum absolute atomic E-state index is 12.3. The van der Waals surface area contributed by atoms with Crippen molar-refractivity contribution >= 4 is 16.0 Å². The van der Waals surface area contributed by atoms with E-state index in [1.165, 1.54) is 13.8 Å². The number of ether oxygens (including phenoxy) is 2. The van der Waals surface area contributed by atoms with Crippen molar-refractivity contribution < 1.29 is 27.8 Å². The van der Waals surface area contributed by atoms with Gasteiger partial charge in [0.05, 0.1) is 25.9 Å². The number of aromatic carboxylic acids is 1. The molecular weight excluding hydrogens is 300 g/mol. The van der Waals surface area contributed by atoms with Gasteiger partial charge in [-0.1, -0.05) is 0 Å². The zero-order valence-electron chi connectivity index (χ0n) is 11.8. The molecule has 0 saturated carbocycles. The Morgan fingerprint density at radius 3 is 2.67 bits per heavy atom. The van der Waals surface area contributed by atoms with E-state index in [4.69, 9.17) is 14.6 Å². The minimum atomic E-state index is -3.81. The van der Waals surface area contributed by atoms with Gasteiger partial charge in [0.1, 0.15) is 10.6 Å². The van der Waals surface area contributed by atoms with Gasteiger partial charge in [0, 0.05) is 17.8 Å². The van der Waals surface area contributed by atoms with E-state index in [9.17, 15) is 13.2 Å². The molecule has 0 spiro atoms. The molecule has 0 aliphatic carbocycles. The normalized spacial score (nSPS) is 19.6. The maximum Gasteiger partial charge on any atom is 0.352 e. The average Bonchev–Trinajstić information content (AvgIpc) is 2.74. The molecule has 1 aromatic rings. The quantitative estimate of drug-likeness (QED) is 0.704. The molecule has 0 aromatic carbocycles. The molecule has 0 amide bonds. The van der Waals surface area contributed by atoms with E-state index in [-0.39, 0.29) is 28.8 Å². The Labute approximate surface area is 122 Å². The van der Waals surface area contributed by atoms with E-state index in [0.717, 1.165) is 0 Å². The number of aryl methyl sites for hydroxylation is 1. The van der Waals surface area contributed by atoms with Gasteiger partial charge in [-0.05, 0) is 13.8 Å². The predicted molar refractivity (Wildman–Crippen MR) is 73.0 cm³/mol. The van der Waals surface area contributed by atoms with Crippen molar-refractivity contribution in [1.82, 2.24) is 9.71 Å². The Morgan fingerprint density at radius 2 is 2.14 bits per heavy atom. The molecule has 1 aromatic heterocycles. The Morgan fingerprint density at radius 1 is 1.43 bits per heavy atom. The van der Waals surface area contributed by atoms with E-state index in [1.54, 1.807) is 0 Å². The van der Waals surface area contributed by atoms with Crippen LogP contribution in [0.15, 0.2) is 4.90 Å². The molecular formula is C12H18N2O6S. The SMILES string of the molecule is Cc1[nH]c(C(=O)O)c(C)c1S(=O)(=O)NCC1COCCO1. The van der Waals surface area contributed by atoms with Crippen LogP contribution in [0.4, 0.5) is 0 Å². The van der Waals surface area contributed by atoms with Crippen molar-refractivity contribution in [2.45, 2.75) is 24.8 Å². The molecule has 9 heteroatoms. The molecule has 1 saturated heterocycles. The lowest BCUT2D eigenvalue weighted by Crippen LogP contribution is -2.39. The number of aromatic nitrogens is 1. The Balaban J connectivity index is 2.17. The Bertz CT molecular complexity index is 630. The molecule has 118 valence electrons. The molecule has 21 heavy (non-hydrogen) atoms. The average molecular weight is 318 g/mol. The first kappa shape index (κ1) is 16.0. The number of carbonyl (C=O) groups is 1. The van der Waals surface area contributed by atoms with E-state index < -0.39 is 16.0 Å². The third kappa shape index (κ3) is 3.43. The molecule has 1 fully saturated rings. The number of hydrogen-bond acceptors (Lipinski definition) is 5. The minimum absolute atomic E-state index is 0.0309. The summed E-state index contributed by atoms with van der Waals surface area (Å²) >= 11 is 0. The van der Waals surface area contributed by atoms with Crippen molar-refractivity contribution in [1.29, 1.82) is 0 Å². The Hall–Kier alpha value is -1.42. The fraction of sp³-hybridized carbons (Fsp3) is 0.583. The van der Waals surface area contributed by atoms with Gasteiger partial charge in [-0.3, -0.25) is 0 Å². The van der Waals surface area contributed by atoms with Crippen LogP contribution in [0.1, 0.15) is 21.7 Å². The van der Waals surface area contributed by atoms with Gasteiger partial charge in [-0.25, -0.2) is 17.9 Å². The van der Waals surface area contributed by atoms with E-state index in [0.29, 0.717) is 25.5 Å². The summed E-state index contributed by atoms with van der Waals surface area (Å²) in [7, 11) is -3.81. The van der Waals surface area contributed by atoms with Crippen molar-refractivity contribution in [2.24, 2.45) is 0 Å². The molecule has 2 rings (SSSR count). The third-order valence-electron chi connectivity index (χ3n) is 3.24. The first-order valence-corrected chi connectivity index (χ1v) is 7.92. The van der Waals surface area contributed by atoms with Gasteiger partial charge >= 0.3 is 5.97 Å². The molecule has 1 aliphatic rings. The zero-order chi connectivity index (χ0) is 15.6. The van der Waals surface area contributed by atoms with Gasteiger partial charge in [0.15, 0.2) is 0 Å². The van der Waals surface area contributed by atoms with Crippen molar-refractivity contribution in [3.63, 3.8) is 0 Å². The molecule has 1 unspecified atom stereocenters. The fourth-order valence-electron chi connectivity index (χ4n) is 2.28. The van der Waals surface area contributed by atoms with Crippen LogP contribution in [-0.2, 0) is 19.5 Å². The number of carboxylic acid groups (broad SMARTS) is 1. The molecule has 1 atom stereocenters. The maximum atomic E-state index is 12.3. The number of H-pyrrole nitrogens is 1. The van der Waals surface area contributed by atoms with E-state index in [2.05, 4.69) is 9.71 Å². The number of sulfonamides is 1. The van der Waals surface area contributed by atoms with Gasteiger partial charge in [0.2, 0.25) is 10.0 Å². The summed E-state index contributed by atoms with van der Waals surface area (Å²) in [6, 6.07) is 0. The van der Waals surface area contributed by atoms with Gasteiger partial charge < -0.3 is 19.6 Å². The highest BCUT2D eigenvalue weighted by molar-refractivity contribution is 7.89. The number of rotatable bonds is 5. The van der Waals surface area contributed by atoms with Crippen molar-refractivity contribution in [3.8, 4) is 0 Å². The van der Waals surface area contributed by atoms with Gasteiger partial charge in [-0.15, -0.1) is 0 Å². The summed E-state index contributed by atoms with van der Waals surface area (Å²) in [6.45, 7) is 4.32. The second-order valence-corrected chi connectivity index (χ2v) is 6.51. The first-order chi connectivity index (χ1) is 9.83. The monoisotopic (exact) mass is 318 g/mol. The predicted octanol–water partition coefficient (Wildman–Crippen LogP) is 0.0234. The number of carboxylic acids is 1. The standard InChI is InChI=1S/C12H18N2O6S/c1-7-10(12(15)16)14-8(2)11(7)21(17,18)13-5-9-6-19-3-4-20-9/h9,13-14H,3-6H2,1-2H3,(H,15,16). The first-order valence-electron chi connectivity index (χ1n) is 6.44.